The van der Waals surface area contributed by atoms with Gasteiger partial charge in [-0.05, 0) is 39.5 Å². The molecule has 2 aromatic rings. The lowest BCUT2D eigenvalue weighted by molar-refractivity contribution is 0.545. The topological polar surface area (TPSA) is 12.0 Å². The van der Waals surface area contributed by atoms with E-state index in [9.17, 15) is 4.39 Å². The molecule has 20 heavy (non-hydrogen) atoms. The molecular formula is C16H16BrClFN. The van der Waals surface area contributed by atoms with Crippen LogP contribution >= 0.6 is 27.5 Å². The van der Waals surface area contributed by atoms with E-state index in [2.05, 4.69) is 33.4 Å². The Morgan fingerprint density at radius 3 is 2.55 bits per heavy atom. The highest BCUT2D eigenvalue weighted by Crippen LogP contribution is 2.20. The van der Waals surface area contributed by atoms with Crippen molar-refractivity contribution in [2.24, 2.45) is 0 Å². The zero-order chi connectivity index (χ0) is 14.4. The molecule has 1 atom stereocenters. The summed E-state index contributed by atoms with van der Waals surface area (Å²) in [6.45, 7) is 0.586. The minimum Gasteiger partial charge on any atom is -0.308 e. The Balaban J connectivity index is 1.95. The van der Waals surface area contributed by atoms with Gasteiger partial charge in [0.1, 0.15) is 5.82 Å². The van der Waals surface area contributed by atoms with Crippen LogP contribution in [0.2, 0.25) is 0 Å². The van der Waals surface area contributed by atoms with Gasteiger partial charge in [-0.15, -0.1) is 11.6 Å². The zero-order valence-corrected chi connectivity index (χ0v) is 13.3. The van der Waals surface area contributed by atoms with Gasteiger partial charge in [0, 0.05) is 18.5 Å². The average Bonchev–Trinajstić information content (AvgIpc) is 2.48. The molecule has 0 aliphatic carbocycles. The molecule has 0 heterocycles. The highest BCUT2D eigenvalue weighted by molar-refractivity contribution is 9.10. The Morgan fingerprint density at radius 2 is 1.85 bits per heavy atom. The Hall–Kier alpha value is -0.900. The Morgan fingerprint density at radius 1 is 1.10 bits per heavy atom. The molecule has 0 spiro atoms. The van der Waals surface area contributed by atoms with Crippen molar-refractivity contribution in [3.8, 4) is 0 Å². The molecule has 0 amide bonds. The van der Waals surface area contributed by atoms with E-state index in [1.54, 1.807) is 6.07 Å². The van der Waals surface area contributed by atoms with E-state index in [0.717, 1.165) is 12.0 Å². The van der Waals surface area contributed by atoms with Crippen molar-refractivity contribution < 1.29 is 4.39 Å². The molecule has 0 saturated heterocycles. The summed E-state index contributed by atoms with van der Waals surface area (Å²) >= 11 is 9.28. The maximum Gasteiger partial charge on any atom is 0.137 e. The quantitative estimate of drug-likeness (QED) is 0.750. The fraction of sp³-hybridized carbons (Fsp3) is 0.250. The summed E-state index contributed by atoms with van der Waals surface area (Å²) < 4.78 is 13.9. The standard InChI is InChI=1S/C16H16BrClFN/c17-16-13(7-4-8-15(16)19)11-20-14(10-18)9-12-5-2-1-3-6-12/h1-8,14,20H,9-11H2. The first-order valence-electron chi connectivity index (χ1n) is 6.47. The molecule has 0 bridgehead atoms. The number of nitrogens with one attached hydrogen (secondary N) is 1. The smallest absolute Gasteiger partial charge is 0.137 e. The predicted octanol–water partition coefficient (Wildman–Crippen LogP) is 4.53. The first-order valence-corrected chi connectivity index (χ1v) is 7.79. The molecule has 1 nitrogen and oxygen atoms in total. The summed E-state index contributed by atoms with van der Waals surface area (Å²) in [5, 5.41) is 3.37. The van der Waals surface area contributed by atoms with Gasteiger partial charge in [0.15, 0.2) is 0 Å². The van der Waals surface area contributed by atoms with Gasteiger partial charge >= 0.3 is 0 Å². The van der Waals surface area contributed by atoms with Gasteiger partial charge in [-0.2, -0.15) is 0 Å². The van der Waals surface area contributed by atoms with Crippen LogP contribution in [0, 0.1) is 5.82 Å². The molecule has 0 aliphatic heterocycles. The normalized spacial score (nSPS) is 12.3. The number of hydrogen-bond acceptors (Lipinski definition) is 1. The molecular weight excluding hydrogens is 341 g/mol. The van der Waals surface area contributed by atoms with Crippen molar-refractivity contribution >= 4 is 27.5 Å². The summed E-state index contributed by atoms with van der Waals surface area (Å²) in [4.78, 5) is 0. The molecule has 0 saturated carbocycles. The number of alkyl halides is 1. The van der Waals surface area contributed by atoms with E-state index in [4.69, 9.17) is 11.6 Å². The lowest BCUT2D eigenvalue weighted by atomic mass is 10.1. The maximum atomic E-state index is 13.4. The predicted molar refractivity (Wildman–Crippen MR) is 85.6 cm³/mol. The van der Waals surface area contributed by atoms with Gasteiger partial charge in [-0.25, -0.2) is 4.39 Å². The molecule has 0 aliphatic rings. The van der Waals surface area contributed by atoms with Gasteiger partial charge in [0.05, 0.1) is 4.47 Å². The second-order valence-corrected chi connectivity index (χ2v) is 5.74. The third-order valence-corrected chi connectivity index (χ3v) is 4.38. The van der Waals surface area contributed by atoms with Crippen LogP contribution in [-0.2, 0) is 13.0 Å². The highest BCUT2D eigenvalue weighted by Gasteiger charge is 2.10. The van der Waals surface area contributed by atoms with E-state index in [1.807, 2.05) is 24.3 Å². The number of rotatable bonds is 6. The average molecular weight is 357 g/mol. The van der Waals surface area contributed by atoms with Crippen LogP contribution in [0.4, 0.5) is 4.39 Å². The van der Waals surface area contributed by atoms with Crippen LogP contribution in [0.5, 0.6) is 0 Å². The fourth-order valence-electron chi connectivity index (χ4n) is 2.02. The van der Waals surface area contributed by atoms with E-state index in [1.165, 1.54) is 11.6 Å². The van der Waals surface area contributed by atoms with E-state index >= 15 is 0 Å². The van der Waals surface area contributed by atoms with Crippen molar-refractivity contribution in [1.82, 2.24) is 5.32 Å². The summed E-state index contributed by atoms with van der Waals surface area (Å²) in [6, 6.07) is 15.4. The molecule has 0 aromatic heterocycles. The zero-order valence-electron chi connectivity index (χ0n) is 11.0. The lowest BCUT2D eigenvalue weighted by Gasteiger charge is -2.17. The minimum atomic E-state index is -0.241. The second kappa shape index (κ2) is 7.77. The SMILES string of the molecule is Fc1cccc(CNC(CCl)Cc2ccccc2)c1Br. The summed E-state index contributed by atoms with van der Waals surface area (Å²) in [5.74, 6) is 0.275. The van der Waals surface area contributed by atoms with E-state index in [0.29, 0.717) is 16.9 Å². The van der Waals surface area contributed by atoms with Crippen molar-refractivity contribution in [3.63, 3.8) is 0 Å². The molecule has 0 fully saturated rings. The summed E-state index contributed by atoms with van der Waals surface area (Å²) in [5.41, 5.74) is 2.14. The van der Waals surface area contributed by atoms with Crippen molar-refractivity contribution in [3.05, 3.63) is 69.9 Å². The van der Waals surface area contributed by atoms with Crippen LogP contribution in [0.1, 0.15) is 11.1 Å². The number of benzene rings is 2. The van der Waals surface area contributed by atoms with Gasteiger partial charge in [-0.1, -0.05) is 42.5 Å². The highest BCUT2D eigenvalue weighted by atomic mass is 79.9. The first-order chi connectivity index (χ1) is 9.70. The van der Waals surface area contributed by atoms with Crippen LogP contribution in [0.3, 0.4) is 0 Å². The maximum absolute atomic E-state index is 13.4. The molecule has 4 heteroatoms. The second-order valence-electron chi connectivity index (χ2n) is 4.63. The van der Waals surface area contributed by atoms with Crippen LogP contribution in [-0.4, -0.2) is 11.9 Å². The fourth-order valence-corrected chi connectivity index (χ4v) is 2.64. The molecule has 1 N–H and O–H groups in total. The van der Waals surface area contributed by atoms with Crippen molar-refractivity contribution in [2.45, 2.75) is 19.0 Å². The van der Waals surface area contributed by atoms with E-state index in [-0.39, 0.29) is 11.9 Å². The van der Waals surface area contributed by atoms with Crippen LogP contribution < -0.4 is 5.32 Å². The summed E-state index contributed by atoms with van der Waals surface area (Å²) in [7, 11) is 0. The van der Waals surface area contributed by atoms with E-state index < -0.39 is 0 Å². The van der Waals surface area contributed by atoms with Crippen LogP contribution in [0.25, 0.3) is 0 Å². The monoisotopic (exact) mass is 355 g/mol. The van der Waals surface area contributed by atoms with Crippen LogP contribution in [0.15, 0.2) is 53.0 Å². The van der Waals surface area contributed by atoms with Gasteiger partial charge < -0.3 is 5.32 Å². The van der Waals surface area contributed by atoms with Crippen molar-refractivity contribution in [1.29, 1.82) is 0 Å². The van der Waals surface area contributed by atoms with Crippen molar-refractivity contribution in [2.75, 3.05) is 5.88 Å². The Labute approximate surface area is 132 Å². The number of hydrogen-bond donors (Lipinski definition) is 1. The largest absolute Gasteiger partial charge is 0.308 e. The molecule has 2 aromatic carbocycles. The molecule has 1 unspecified atom stereocenters. The van der Waals surface area contributed by atoms with Gasteiger partial charge in [-0.3, -0.25) is 0 Å². The molecule has 0 radical (unpaired) electrons. The Bertz CT molecular complexity index is 547. The molecule has 106 valence electrons. The minimum absolute atomic E-state index is 0.161. The molecule has 2 rings (SSSR count). The van der Waals surface area contributed by atoms with Gasteiger partial charge in [0.25, 0.3) is 0 Å². The Kier molecular flexibility index (Phi) is 6.02. The third kappa shape index (κ3) is 4.30. The first kappa shape index (κ1) is 15.5. The number of halogens is 3. The van der Waals surface area contributed by atoms with Gasteiger partial charge in [0.2, 0.25) is 0 Å². The third-order valence-electron chi connectivity index (χ3n) is 3.12. The lowest BCUT2D eigenvalue weighted by Crippen LogP contribution is -2.32. The summed E-state index contributed by atoms with van der Waals surface area (Å²) in [6.07, 6.45) is 0.858.